The van der Waals surface area contributed by atoms with Gasteiger partial charge >= 0.3 is 0 Å². The van der Waals surface area contributed by atoms with E-state index in [2.05, 4.69) is 0 Å². The molecule has 1 aromatic carbocycles. The van der Waals surface area contributed by atoms with E-state index in [0.717, 1.165) is 4.88 Å². The van der Waals surface area contributed by atoms with E-state index < -0.39 is 5.82 Å². The number of carbonyl (C=O) groups is 2. The molecule has 0 saturated carbocycles. The fourth-order valence-electron chi connectivity index (χ4n) is 4.06. The van der Waals surface area contributed by atoms with E-state index in [0.29, 0.717) is 24.1 Å². The lowest BCUT2D eigenvalue weighted by molar-refractivity contribution is -0.121. The fraction of sp³-hybridized carbons (Fsp3) is 0.333. The number of hydrogen-bond donors (Lipinski definition) is 0. The number of para-hydroxylation sites is 1. The number of halogens is 1. The van der Waals surface area contributed by atoms with Gasteiger partial charge in [-0.05, 0) is 35.4 Å². The number of rotatable bonds is 2. The van der Waals surface area contributed by atoms with E-state index in [9.17, 15) is 14.0 Å². The summed E-state index contributed by atoms with van der Waals surface area (Å²) >= 11 is 1.56. The van der Waals surface area contributed by atoms with E-state index >= 15 is 0 Å². The maximum absolute atomic E-state index is 14.5. The maximum Gasteiger partial charge on any atom is 0.232 e. The molecule has 0 bridgehead atoms. The van der Waals surface area contributed by atoms with Crippen molar-refractivity contribution in [3.8, 4) is 0 Å². The van der Waals surface area contributed by atoms with Gasteiger partial charge < -0.3 is 0 Å². The molecule has 2 aliphatic rings. The van der Waals surface area contributed by atoms with Gasteiger partial charge in [-0.25, -0.2) is 4.39 Å². The standard InChI is InChI=1S/C21H20FNO2S/c1-21(2)11-16-20(17(24)12-21)13(18-8-5-9-26-18)10-19(25)23(16)15-7-4-3-6-14(15)22/h3-9,13H,10-12H2,1-2H3/t13-/m1/s1. The van der Waals surface area contributed by atoms with Gasteiger partial charge in [-0.15, -0.1) is 11.3 Å². The third-order valence-corrected chi connectivity index (χ3v) is 6.11. The van der Waals surface area contributed by atoms with Crippen LogP contribution in [-0.4, -0.2) is 11.7 Å². The lowest BCUT2D eigenvalue weighted by Gasteiger charge is -2.42. The second-order valence-corrected chi connectivity index (χ2v) is 8.73. The summed E-state index contributed by atoms with van der Waals surface area (Å²) in [6.45, 7) is 4.04. The molecule has 0 spiro atoms. The van der Waals surface area contributed by atoms with Crippen LogP contribution < -0.4 is 4.90 Å². The molecular weight excluding hydrogens is 349 g/mol. The Morgan fingerprint density at radius 3 is 2.58 bits per heavy atom. The van der Waals surface area contributed by atoms with Gasteiger partial charge in [0.05, 0.1) is 5.69 Å². The first-order chi connectivity index (χ1) is 12.4. The van der Waals surface area contributed by atoms with E-state index in [1.54, 1.807) is 29.5 Å². The van der Waals surface area contributed by atoms with Crippen LogP contribution in [0.15, 0.2) is 53.0 Å². The molecular formula is C21H20FNO2S. The molecule has 3 nitrogen and oxygen atoms in total. The van der Waals surface area contributed by atoms with Gasteiger partial charge in [0.2, 0.25) is 5.91 Å². The average Bonchev–Trinajstić information content (AvgIpc) is 3.08. The first kappa shape index (κ1) is 17.2. The topological polar surface area (TPSA) is 37.4 Å². The van der Waals surface area contributed by atoms with Crippen LogP contribution in [0.25, 0.3) is 0 Å². The number of allylic oxidation sites excluding steroid dienone is 2. The monoisotopic (exact) mass is 369 g/mol. The highest BCUT2D eigenvalue weighted by molar-refractivity contribution is 7.10. The van der Waals surface area contributed by atoms with Crippen LogP contribution >= 0.6 is 11.3 Å². The second-order valence-electron chi connectivity index (χ2n) is 7.75. The first-order valence-corrected chi connectivity index (χ1v) is 9.62. The Bertz CT molecular complexity index is 914. The normalized spacial score (nSPS) is 22.6. The zero-order chi connectivity index (χ0) is 18.5. The summed E-state index contributed by atoms with van der Waals surface area (Å²) in [5.41, 5.74) is 1.34. The third kappa shape index (κ3) is 2.80. The Kier molecular flexibility index (Phi) is 4.07. The van der Waals surface area contributed by atoms with Gasteiger partial charge in [-0.1, -0.05) is 32.0 Å². The number of Topliss-reactive ketones (excluding diaryl/α,β-unsaturated/α-hetero) is 1. The summed E-state index contributed by atoms with van der Waals surface area (Å²) < 4.78 is 14.5. The lowest BCUT2D eigenvalue weighted by atomic mass is 9.70. The van der Waals surface area contributed by atoms with Crippen LogP contribution in [0.5, 0.6) is 0 Å². The zero-order valence-corrected chi connectivity index (χ0v) is 15.6. The van der Waals surface area contributed by atoms with Gasteiger partial charge in [-0.3, -0.25) is 14.5 Å². The van der Waals surface area contributed by atoms with Crippen molar-refractivity contribution in [2.24, 2.45) is 5.41 Å². The molecule has 2 aromatic rings. The molecule has 4 rings (SSSR count). The van der Waals surface area contributed by atoms with Gasteiger partial charge in [0.25, 0.3) is 0 Å². The lowest BCUT2D eigenvalue weighted by Crippen LogP contribution is -2.43. The number of benzene rings is 1. The predicted octanol–water partition coefficient (Wildman–Crippen LogP) is 5.05. The van der Waals surface area contributed by atoms with Crippen molar-refractivity contribution in [2.45, 2.75) is 39.0 Å². The average molecular weight is 369 g/mol. The molecule has 26 heavy (non-hydrogen) atoms. The molecule has 0 N–H and O–H groups in total. The number of ketones is 1. The number of amides is 1. The van der Waals surface area contributed by atoms with Gasteiger partial charge in [-0.2, -0.15) is 0 Å². The largest absolute Gasteiger partial charge is 0.294 e. The van der Waals surface area contributed by atoms with Crippen LogP contribution in [0.3, 0.4) is 0 Å². The van der Waals surface area contributed by atoms with E-state index in [4.69, 9.17) is 0 Å². The fourth-order valence-corrected chi connectivity index (χ4v) is 4.90. The molecule has 134 valence electrons. The van der Waals surface area contributed by atoms with Crippen molar-refractivity contribution in [1.29, 1.82) is 0 Å². The van der Waals surface area contributed by atoms with Crippen LogP contribution in [0.4, 0.5) is 10.1 Å². The Morgan fingerprint density at radius 2 is 1.88 bits per heavy atom. The Morgan fingerprint density at radius 1 is 1.12 bits per heavy atom. The number of hydrogen-bond acceptors (Lipinski definition) is 3. The van der Waals surface area contributed by atoms with Crippen molar-refractivity contribution in [3.05, 3.63) is 63.7 Å². The van der Waals surface area contributed by atoms with E-state index in [1.165, 1.54) is 11.0 Å². The van der Waals surface area contributed by atoms with Crippen molar-refractivity contribution < 1.29 is 14.0 Å². The van der Waals surface area contributed by atoms with Gasteiger partial charge in [0.15, 0.2) is 5.78 Å². The van der Waals surface area contributed by atoms with Crippen molar-refractivity contribution >= 4 is 28.7 Å². The Hall–Kier alpha value is -2.27. The molecule has 1 aliphatic heterocycles. The second kappa shape index (κ2) is 6.16. The molecule has 1 aromatic heterocycles. The number of nitrogens with zero attached hydrogens (tertiary/aromatic N) is 1. The first-order valence-electron chi connectivity index (χ1n) is 8.74. The molecule has 0 fully saturated rings. The van der Waals surface area contributed by atoms with Crippen LogP contribution in [-0.2, 0) is 9.59 Å². The summed E-state index contributed by atoms with van der Waals surface area (Å²) in [7, 11) is 0. The number of thiophene rings is 1. The quantitative estimate of drug-likeness (QED) is 0.743. The van der Waals surface area contributed by atoms with Crippen LogP contribution in [0.2, 0.25) is 0 Å². The highest BCUT2D eigenvalue weighted by Gasteiger charge is 2.45. The minimum Gasteiger partial charge on any atom is -0.294 e. The van der Waals surface area contributed by atoms with Gasteiger partial charge in [0, 0.05) is 34.9 Å². The summed E-state index contributed by atoms with van der Waals surface area (Å²) in [6, 6.07) is 10.2. The van der Waals surface area contributed by atoms with Gasteiger partial charge in [0.1, 0.15) is 5.82 Å². The molecule has 0 saturated heterocycles. The third-order valence-electron chi connectivity index (χ3n) is 5.12. The van der Waals surface area contributed by atoms with E-state index in [1.807, 2.05) is 31.4 Å². The van der Waals surface area contributed by atoms with Crippen molar-refractivity contribution in [1.82, 2.24) is 0 Å². The number of anilines is 1. The molecule has 0 radical (unpaired) electrons. The van der Waals surface area contributed by atoms with Crippen molar-refractivity contribution in [2.75, 3.05) is 4.90 Å². The molecule has 1 atom stereocenters. The van der Waals surface area contributed by atoms with E-state index in [-0.39, 0.29) is 35.1 Å². The minimum absolute atomic E-state index is 0.0727. The zero-order valence-electron chi connectivity index (χ0n) is 14.8. The highest BCUT2D eigenvalue weighted by atomic mass is 32.1. The van der Waals surface area contributed by atoms with Crippen LogP contribution in [0.1, 0.15) is 43.9 Å². The molecule has 1 amide bonds. The summed E-state index contributed by atoms with van der Waals surface area (Å²) in [5, 5.41) is 1.96. The summed E-state index contributed by atoms with van der Waals surface area (Å²) in [6.07, 6.45) is 1.23. The van der Waals surface area contributed by atoms with Crippen LogP contribution in [0, 0.1) is 11.2 Å². The molecule has 5 heteroatoms. The SMILES string of the molecule is CC1(C)CC(=O)C2=C(C1)N(c1ccccc1F)C(=O)C[C@@H]2c1cccs1. The molecule has 0 unspecified atom stereocenters. The maximum atomic E-state index is 14.5. The predicted molar refractivity (Wildman–Crippen MR) is 101 cm³/mol. The van der Waals surface area contributed by atoms with Crippen molar-refractivity contribution in [3.63, 3.8) is 0 Å². The Labute approximate surface area is 156 Å². The smallest absolute Gasteiger partial charge is 0.232 e. The molecule has 2 heterocycles. The molecule has 1 aliphatic carbocycles. The summed E-state index contributed by atoms with van der Waals surface area (Å²) in [5.74, 6) is -0.747. The minimum atomic E-state index is -0.446. The Balaban J connectivity index is 1.92. The number of carbonyl (C=O) groups excluding carboxylic acids is 2. The highest BCUT2D eigenvalue weighted by Crippen LogP contribution is 2.49. The summed E-state index contributed by atoms with van der Waals surface area (Å²) in [4.78, 5) is 28.5.